The van der Waals surface area contributed by atoms with Crippen LogP contribution in [0, 0.1) is 36.5 Å². The zero-order chi connectivity index (χ0) is 26.0. The first kappa shape index (κ1) is 25.9. The normalized spacial score (nSPS) is 10.6. The topological polar surface area (TPSA) is 47.6 Å². The molecule has 0 amide bonds. The van der Waals surface area contributed by atoms with E-state index in [-0.39, 0.29) is 0 Å². The summed E-state index contributed by atoms with van der Waals surface area (Å²) in [6.45, 7) is 4.35. The Hall–Kier alpha value is -4.14. The maximum Gasteiger partial charge on any atom is 0.0991 e. The minimum absolute atomic E-state index is 0.700. The Morgan fingerprint density at radius 3 is 1.22 bits per heavy atom. The fourth-order valence-corrected chi connectivity index (χ4v) is 5.05. The summed E-state index contributed by atoms with van der Waals surface area (Å²) in [6.07, 6.45) is 8.54. The number of rotatable bonds is 10. The van der Waals surface area contributed by atoms with Crippen LogP contribution >= 0.6 is 0 Å². The predicted molar refractivity (Wildman–Crippen MR) is 153 cm³/mol. The Kier molecular flexibility index (Phi) is 8.91. The Morgan fingerprint density at radius 2 is 0.865 bits per heavy atom. The molecule has 0 aliphatic rings. The molecule has 0 unspecified atom stereocenters. The Balaban J connectivity index is 1.18. The molecule has 0 spiro atoms. The van der Waals surface area contributed by atoms with Gasteiger partial charge in [0, 0.05) is 0 Å². The highest BCUT2D eigenvalue weighted by Crippen LogP contribution is 2.27. The van der Waals surface area contributed by atoms with E-state index in [1.807, 2.05) is 48.5 Å². The zero-order valence-electron chi connectivity index (χ0n) is 21.9. The lowest BCUT2D eigenvalue weighted by molar-refractivity contribution is 0.613. The van der Waals surface area contributed by atoms with Gasteiger partial charge in [0.2, 0.25) is 0 Å². The van der Waals surface area contributed by atoms with Crippen LogP contribution in [0.1, 0.15) is 65.5 Å². The summed E-state index contributed by atoms with van der Waals surface area (Å²) in [5.74, 6) is 0. The van der Waals surface area contributed by atoms with E-state index in [9.17, 15) is 0 Å². The van der Waals surface area contributed by atoms with Gasteiger partial charge in [0.05, 0.1) is 23.3 Å². The van der Waals surface area contributed by atoms with Crippen molar-refractivity contribution in [2.24, 2.45) is 0 Å². The lowest BCUT2D eigenvalue weighted by Crippen LogP contribution is -1.92. The summed E-state index contributed by atoms with van der Waals surface area (Å²) >= 11 is 0. The van der Waals surface area contributed by atoms with Gasteiger partial charge in [-0.2, -0.15) is 10.5 Å². The van der Waals surface area contributed by atoms with E-state index < -0.39 is 0 Å². The van der Waals surface area contributed by atoms with E-state index in [1.54, 1.807) is 0 Å². The highest BCUT2D eigenvalue weighted by Gasteiger charge is 2.06. The average molecular weight is 483 g/mol. The number of nitriles is 2. The van der Waals surface area contributed by atoms with Crippen LogP contribution in [0.5, 0.6) is 0 Å². The summed E-state index contributed by atoms with van der Waals surface area (Å²) in [7, 11) is 0. The third-order valence-electron chi connectivity index (χ3n) is 7.16. The van der Waals surface area contributed by atoms with Crippen LogP contribution in [-0.2, 0) is 12.8 Å². The average Bonchev–Trinajstić information content (AvgIpc) is 2.93. The molecule has 0 saturated carbocycles. The monoisotopic (exact) mass is 482 g/mol. The Bertz CT molecular complexity index is 1300. The van der Waals surface area contributed by atoms with Crippen molar-refractivity contribution in [1.29, 1.82) is 10.5 Å². The van der Waals surface area contributed by atoms with Crippen LogP contribution in [0.2, 0.25) is 0 Å². The minimum Gasteiger partial charge on any atom is -0.192 e. The van der Waals surface area contributed by atoms with Crippen LogP contribution in [0.3, 0.4) is 0 Å². The molecule has 4 aromatic carbocycles. The van der Waals surface area contributed by atoms with Crippen LogP contribution in [-0.4, -0.2) is 0 Å². The fourth-order valence-electron chi connectivity index (χ4n) is 5.05. The third kappa shape index (κ3) is 6.97. The van der Waals surface area contributed by atoms with Gasteiger partial charge in [-0.3, -0.25) is 0 Å². The van der Waals surface area contributed by atoms with Crippen LogP contribution < -0.4 is 0 Å². The predicted octanol–water partition coefficient (Wildman–Crippen LogP) is 9.12. The van der Waals surface area contributed by atoms with Crippen LogP contribution in [0.25, 0.3) is 22.3 Å². The molecule has 0 aliphatic carbocycles. The minimum atomic E-state index is 0.700. The number of benzene rings is 4. The Labute approximate surface area is 221 Å². The summed E-state index contributed by atoms with van der Waals surface area (Å²) in [5.41, 5.74) is 11.6. The molecule has 184 valence electrons. The number of nitrogens with zero attached hydrogens (tertiary/aromatic N) is 2. The van der Waals surface area contributed by atoms with E-state index >= 15 is 0 Å². The standard InChI is InChI=1S/C35H34N2/c1-26-22-28(14-20-34(26)32-16-10-30(24-36)11-17-32)8-6-4-3-5-7-9-29-15-21-35(27(2)23-29)33-18-12-31(25-37)13-19-33/h10-23H,3-9H2,1-2H3. The number of aryl methyl sites for hydroxylation is 4. The van der Waals surface area contributed by atoms with Crippen molar-refractivity contribution in [3.63, 3.8) is 0 Å². The van der Waals surface area contributed by atoms with Gasteiger partial charge in [0.15, 0.2) is 0 Å². The van der Waals surface area contributed by atoms with Crippen molar-refractivity contribution >= 4 is 0 Å². The maximum atomic E-state index is 9.00. The molecule has 2 heteroatoms. The molecular formula is C35H34N2. The van der Waals surface area contributed by atoms with Crippen LogP contribution in [0.15, 0.2) is 84.9 Å². The molecule has 0 fully saturated rings. The van der Waals surface area contributed by atoms with Gasteiger partial charge in [-0.15, -0.1) is 0 Å². The van der Waals surface area contributed by atoms with Gasteiger partial charge in [0.25, 0.3) is 0 Å². The summed E-state index contributed by atoms with van der Waals surface area (Å²) in [6, 6.07) is 33.6. The van der Waals surface area contributed by atoms with Gasteiger partial charge >= 0.3 is 0 Å². The molecule has 37 heavy (non-hydrogen) atoms. The highest BCUT2D eigenvalue weighted by atomic mass is 14.2. The molecular weight excluding hydrogens is 448 g/mol. The molecule has 0 aliphatic heterocycles. The van der Waals surface area contributed by atoms with E-state index in [0.717, 1.165) is 12.8 Å². The zero-order valence-corrected chi connectivity index (χ0v) is 21.9. The van der Waals surface area contributed by atoms with Crippen molar-refractivity contribution in [3.05, 3.63) is 118 Å². The van der Waals surface area contributed by atoms with Crippen molar-refractivity contribution < 1.29 is 0 Å². The molecule has 4 rings (SSSR count). The maximum absolute atomic E-state index is 9.00. The van der Waals surface area contributed by atoms with E-state index in [2.05, 4.69) is 62.4 Å². The smallest absolute Gasteiger partial charge is 0.0991 e. The largest absolute Gasteiger partial charge is 0.192 e. The number of unbranched alkanes of at least 4 members (excludes halogenated alkanes) is 4. The first-order valence-corrected chi connectivity index (χ1v) is 13.3. The molecule has 0 heterocycles. The van der Waals surface area contributed by atoms with Crippen molar-refractivity contribution in [2.75, 3.05) is 0 Å². The third-order valence-corrected chi connectivity index (χ3v) is 7.16. The molecule has 0 N–H and O–H groups in total. The second kappa shape index (κ2) is 12.7. The van der Waals surface area contributed by atoms with Crippen molar-refractivity contribution in [3.8, 4) is 34.4 Å². The van der Waals surface area contributed by atoms with E-state index in [4.69, 9.17) is 10.5 Å². The second-order valence-corrected chi connectivity index (χ2v) is 9.94. The van der Waals surface area contributed by atoms with Gasteiger partial charge in [-0.1, -0.05) is 79.9 Å². The molecule has 0 saturated heterocycles. The molecule has 0 bridgehead atoms. The number of hydrogen-bond acceptors (Lipinski definition) is 2. The Morgan fingerprint density at radius 1 is 0.486 bits per heavy atom. The quantitative estimate of drug-likeness (QED) is 0.212. The first-order chi connectivity index (χ1) is 18.1. The molecule has 0 radical (unpaired) electrons. The second-order valence-electron chi connectivity index (χ2n) is 9.94. The molecule has 4 aromatic rings. The SMILES string of the molecule is Cc1cc(CCCCCCCc2ccc(-c3ccc(C#N)cc3)c(C)c2)ccc1-c1ccc(C#N)cc1. The van der Waals surface area contributed by atoms with Crippen molar-refractivity contribution in [1.82, 2.24) is 0 Å². The lowest BCUT2D eigenvalue weighted by Gasteiger charge is -2.10. The van der Waals surface area contributed by atoms with Gasteiger partial charge in [0.1, 0.15) is 0 Å². The molecule has 0 aromatic heterocycles. The van der Waals surface area contributed by atoms with Gasteiger partial charge in [-0.05, 0) is 108 Å². The van der Waals surface area contributed by atoms with Crippen molar-refractivity contribution in [2.45, 2.75) is 58.8 Å². The summed E-state index contributed by atoms with van der Waals surface area (Å²) < 4.78 is 0. The number of hydrogen-bond donors (Lipinski definition) is 0. The highest BCUT2D eigenvalue weighted by molar-refractivity contribution is 5.69. The fraction of sp³-hybridized carbons (Fsp3) is 0.257. The summed E-state index contributed by atoms with van der Waals surface area (Å²) in [4.78, 5) is 0. The molecule has 2 nitrogen and oxygen atoms in total. The van der Waals surface area contributed by atoms with Gasteiger partial charge in [-0.25, -0.2) is 0 Å². The first-order valence-electron chi connectivity index (χ1n) is 13.3. The van der Waals surface area contributed by atoms with E-state index in [0.29, 0.717) is 11.1 Å². The molecule has 0 atom stereocenters. The van der Waals surface area contributed by atoms with Gasteiger partial charge < -0.3 is 0 Å². The lowest BCUT2D eigenvalue weighted by atomic mass is 9.95. The summed E-state index contributed by atoms with van der Waals surface area (Å²) in [5, 5.41) is 18.0. The van der Waals surface area contributed by atoms with E-state index in [1.165, 1.54) is 76.6 Å². The van der Waals surface area contributed by atoms with Crippen LogP contribution in [0.4, 0.5) is 0 Å².